The minimum absolute atomic E-state index is 0.245. The Morgan fingerprint density at radius 3 is 2.88 bits per heavy atom. The van der Waals surface area contributed by atoms with Crippen molar-refractivity contribution in [2.75, 3.05) is 0 Å². The maximum atomic E-state index is 6.21. The van der Waals surface area contributed by atoms with Crippen molar-refractivity contribution in [3.8, 4) is 0 Å². The summed E-state index contributed by atoms with van der Waals surface area (Å²) < 4.78 is 1.93. The van der Waals surface area contributed by atoms with Gasteiger partial charge in [-0.15, -0.1) is 0 Å². The molecular weight excluding hydrogens is 214 g/mol. The topological polar surface area (TPSA) is 69.6 Å². The van der Waals surface area contributed by atoms with Gasteiger partial charge < -0.3 is 5.73 Å². The smallest absolute Gasteiger partial charge is 0.125 e. The number of aromatic nitrogens is 4. The first kappa shape index (κ1) is 11.7. The zero-order chi connectivity index (χ0) is 12.3. The summed E-state index contributed by atoms with van der Waals surface area (Å²) in [5, 5.41) is 4.27. The Morgan fingerprint density at radius 1 is 1.35 bits per heavy atom. The van der Waals surface area contributed by atoms with Crippen molar-refractivity contribution in [2.45, 2.75) is 32.9 Å². The Morgan fingerprint density at radius 2 is 2.18 bits per heavy atom. The first-order chi connectivity index (χ1) is 8.22. The van der Waals surface area contributed by atoms with Crippen LogP contribution < -0.4 is 5.73 Å². The highest BCUT2D eigenvalue weighted by Crippen LogP contribution is 2.17. The average molecular weight is 231 g/mol. The van der Waals surface area contributed by atoms with E-state index in [0.29, 0.717) is 0 Å². The molecule has 0 aliphatic heterocycles. The minimum Gasteiger partial charge on any atom is -0.318 e. The van der Waals surface area contributed by atoms with Crippen LogP contribution in [0.3, 0.4) is 0 Å². The lowest BCUT2D eigenvalue weighted by Gasteiger charge is -2.13. The predicted octanol–water partition coefficient (Wildman–Crippen LogP) is 1.44. The molecule has 2 aromatic heterocycles. The molecule has 0 fully saturated rings. The van der Waals surface area contributed by atoms with E-state index >= 15 is 0 Å². The second-order valence-electron chi connectivity index (χ2n) is 3.99. The van der Waals surface area contributed by atoms with Crippen LogP contribution in [-0.4, -0.2) is 19.7 Å². The highest BCUT2D eigenvalue weighted by atomic mass is 15.3. The van der Waals surface area contributed by atoms with E-state index in [1.165, 1.54) is 0 Å². The largest absolute Gasteiger partial charge is 0.318 e. The molecule has 90 valence electrons. The molecule has 1 unspecified atom stereocenters. The standard InChI is InChI=1S/C12H17N5/c1-3-8-17-11(5-7-15-17)12(13)10-4-6-14-9(2)16-10/h4-7,12H,3,8,13H2,1-2H3. The van der Waals surface area contributed by atoms with Gasteiger partial charge in [-0.3, -0.25) is 4.68 Å². The lowest BCUT2D eigenvalue weighted by atomic mass is 10.1. The summed E-state index contributed by atoms with van der Waals surface area (Å²) in [7, 11) is 0. The molecule has 1 atom stereocenters. The Hall–Kier alpha value is -1.75. The van der Waals surface area contributed by atoms with Crippen LogP contribution in [0.4, 0.5) is 0 Å². The van der Waals surface area contributed by atoms with E-state index in [4.69, 9.17) is 5.73 Å². The monoisotopic (exact) mass is 231 g/mol. The third-order valence-electron chi connectivity index (χ3n) is 2.62. The predicted molar refractivity (Wildman–Crippen MR) is 65.3 cm³/mol. The number of rotatable bonds is 4. The molecule has 0 aromatic carbocycles. The summed E-state index contributed by atoms with van der Waals surface area (Å²) >= 11 is 0. The number of aryl methyl sites for hydroxylation is 2. The van der Waals surface area contributed by atoms with E-state index in [-0.39, 0.29) is 6.04 Å². The van der Waals surface area contributed by atoms with Crippen molar-refractivity contribution >= 4 is 0 Å². The van der Waals surface area contributed by atoms with Crippen LogP contribution in [0.2, 0.25) is 0 Å². The molecule has 0 saturated heterocycles. The lowest BCUT2D eigenvalue weighted by Crippen LogP contribution is -2.19. The van der Waals surface area contributed by atoms with Crippen molar-refractivity contribution in [1.82, 2.24) is 19.7 Å². The first-order valence-corrected chi connectivity index (χ1v) is 5.79. The molecule has 0 amide bonds. The molecule has 2 N–H and O–H groups in total. The molecule has 0 spiro atoms. The molecule has 0 aliphatic rings. The molecule has 2 rings (SSSR count). The van der Waals surface area contributed by atoms with E-state index in [2.05, 4.69) is 22.0 Å². The highest BCUT2D eigenvalue weighted by Gasteiger charge is 2.15. The third kappa shape index (κ3) is 2.50. The number of hydrogen-bond acceptors (Lipinski definition) is 4. The van der Waals surface area contributed by atoms with Crippen LogP contribution in [0, 0.1) is 6.92 Å². The van der Waals surface area contributed by atoms with Gasteiger partial charge in [0.15, 0.2) is 0 Å². The quantitative estimate of drug-likeness (QED) is 0.864. The minimum atomic E-state index is -0.245. The number of nitrogens with two attached hydrogens (primary N) is 1. The van der Waals surface area contributed by atoms with Crippen molar-refractivity contribution in [1.29, 1.82) is 0 Å². The first-order valence-electron chi connectivity index (χ1n) is 5.79. The summed E-state index contributed by atoms with van der Waals surface area (Å²) in [5.74, 6) is 0.736. The summed E-state index contributed by atoms with van der Waals surface area (Å²) in [4.78, 5) is 8.43. The lowest BCUT2D eigenvalue weighted by molar-refractivity contribution is 0.556. The summed E-state index contributed by atoms with van der Waals surface area (Å²) in [5.41, 5.74) is 8.03. The second kappa shape index (κ2) is 5.05. The molecule has 5 heteroatoms. The molecular formula is C12H17N5. The van der Waals surface area contributed by atoms with Crippen molar-refractivity contribution in [2.24, 2.45) is 5.73 Å². The van der Waals surface area contributed by atoms with Gasteiger partial charge in [-0.25, -0.2) is 9.97 Å². The van der Waals surface area contributed by atoms with E-state index in [0.717, 1.165) is 30.2 Å². The molecule has 5 nitrogen and oxygen atoms in total. The second-order valence-corrected chi connectivity index (χ2v) is 3.99. The third-order valence-corrected chi connectivity index (χ3v) is 2.62. The highest BCUT2D eigenvalue weighted by molar-refractivity contribution is 5.20. The van der Waals surface area contributed by atoms with Gasteiger partial charge in [-0.2, -0.15) is 5.10 Å². The normalized spacial score (nSPS) is 12.6. The fourth-order valence-corrected chi connectivity index (χ4v) is 1.80. The molecule has 0 saturated carbocycles. The molecule has 0 aliphatic carbocycles. The SMILES string of the molecule is CCCn1nccc1C(N)c1ccnc(C)n1. The molecule has 2 heterocycles. The van der Waals surface area contributed by atoms with Crippen LogP contribution in [0.25, 0.3) is 0 Å². The summed E-state index contributed by atoms with van der Waals surface area (Å²) in [6.45, 7) is 4.85. The fraction of sp³-hybridized carbons (Fsp3) is 0.417. The zero-order valence-electron chi connectivity index (χ0n) is 10.2. The Balaban J connectivity index is 2.30. The van der Waals surface area contributed by atoms with Gasteiger partial charge in [0.05, 0.1) is 17.4 Å². The fourth-order valence-electron chi connectivity index (χ4n) is 1.80. The maximum Gasteiger partial charge on any atom is 0.125 e. The molecule has 0 radical (unpaired) electrons. The summed E-state index contributed by atoms with van der Waals surface area (Å²) in [6.07, 6.45) is 4.54. The van der Waals surface area contributed by atoms with Crippen molar-refractivity contribution in [3.05, 3.63) is 41.7 Å². The Bertz CT molecular complexity index is 491. The zero-order valence-corrected chi connectivity index (χ0v) is 10.2. The van der Waals surface area contributed by atoms with Gasteiger partial charge in [0.2, 0.25) is 0 Å². The van der Waals surface area contributed by atoms with Gasteiger partial charge in [0, 0.05) is 18.9 Å². The van der Waals surface area contributed by atoms with E-state index in [9.17, 15) is 0 Å². The molecule has 17 heavy (non-hydrogen) atoms. The van der Waals surface area contributed by atoms with Crippen LogP contribution in [0.5, 0.6) is 0 Å². The average Bonchev–Trinajstić information content (AvgIpc) is 2.77. The Kier molecular flexibility index (Phi) is 3.49. The molecule has 0 bridgehead atoms. The van der Waals surface area contributed by atoms with E-state index < -0.39 is 0 Å². The summed E-state index contributed by atoms with van der Waals surface area (Å²) in [6, 6.07) is 3.55. The van der Waals surface area contributed by atoms with Crippen LogP contribution >= 0.6 is 0 Å². The molecule has 2 aromatic rings. The Labute approximate surface area is 101 Å². The van der Waals surface area contributed by atoms with Crippen LogP contribution in [-0.2, 0) is 6.54 Å². The number of hydrogen-bond donors (Lipinski definition) is 1. The van der Waals surface area contributed by atoms with Crippen molar-refractivity contribution in [3.63, 3.8) is 0 Å². The van der Waals surface area contributed by atoms with Crippen molar-refractivity contribution < 1.29 is 0 Å². The van der Waals surface area contributed by atoms with E-state index in [1.54, 1.807) is 12.4 Å². The van der Waals surface area contributed by atoms with Gasteiger partial charge >= 0.3 is 0 Å². The number of nitrogens with zero attached hydrogens (tertiary/aromatic N) is 4. The van der Waals surface area contributed by atoms with Gasteiger partial charge in [-0.05, 0) is 25.5 Å². The van der Waals surface area contributed by atoms with Gasteiger partial charge in [-0.1, -0.05) is 6.92 Å². The van der Waals surface area contributed by atoms with Gasteiger partial charge in [0.25, 0.3) is 0 Å². The van der Waals surface area contributed by atoms with Crippen LogP contribution in [0.1, 0.15) is 36.6 Å². The van der Waals surface area contributed by atoms with Gasteiger partial charge in [0.1, 0.15) is 5.82 Å². The van der Waals surface area contributed by atoms with E-state index in [1.807, 2.05) is 23.7 Å². The van der Waals surface area contributed by atoms with Crippen LogP contribution in [0.15, 0.2) is 24.5 Å². The maximum absolute atomic E-state index is 6.21.